The van der Waals surface area contributed by atoms with Crippen LogP contribution in [0.1, 0.15) is 47.8 Å². The monoisotopic (exact) mass is 464 g/mol. The van der Waals surface area contributed by atoms with Gasteiger partial charge >= 0.3 is 0 Å². The average molecular weight is 465 g/mol. The molecule has 6 nitrogen and oxygen atoms in total. The molecule has 6 heteroatoms. The lowest BCUT2D eigenvalue weighted by molar-refractivity contribution is -0.118. The number of piperidine rings is 1. The third kappa shape index (κ3) is 3.13. The van der Waals surface area contributed by atoms with Gasteiger partial charge in [0.05, 0.1) is 23.7 Å². The number of hydrogen-bond acceptors (Lipinski definition) is 4. The van der Waals surface area contributed by atoms with Crippen LogP contribution in [0.15, 0.2) is 60.7 Å². The van der Waals surface area contributed by atoms with Crippen LogP contribution < -0.4 is 15.4 Å². The molecule has 4 aromatic rings. The largest absolute Gasteiger partial charge is 0.497 e. The van der Waals surface area contributed by atoms with Gasteiger partial charge in [-0.2, -0.15) is 5.10 Å². The number of carbonyl (C=O) groups excluding carboxylic acids is 1. The van der Waals surface area contributed by atoms with E-state index in [0.29, 0.717) is 5.92 Å². The van der Waals surface area contributed by atoms with Crippen LogP contribution in [0.5, 0.6) is 5.75 Å². The molecule has 1 aromatic heterocycles. The molecule has 35 heavy (non-hydrogen) atoms. The topological polar surface area (TPSA) is 79.0 Å². The van der Waals surface area contributed by atoms with Crippen LogP contribution in [-0.4, -0.2) is 36.3 Å². The number of amides is 1. The highest BCUT2D eigenvalue weighted by Gasteiger charge is 2.65. The van der Waals surface area contributed by atoms with Gasteiger partial charge in [-0.15, -0.1) is 0 Å². The summed E-state index contributed by atoms with van der Waals surface area (Å²) in [5.74, 6) is 1.67. The maximum Gasteiger partial charge on any atom is 0.235 e. The number of benzene rings is 3. The summed E-state index contributed by atoms with van der Waals surface area (Å²) in [5.41, 5.74) is 7.14. The van der Waals surface area contributed by atoms with Crippen molar-refractivity contribution in [3.8, 4) is 17.0 Å². The van der Waals surface area contributed by atoms with Crippen LogP contribution >= 0.6 is 0 Å². The Morgan fingerprint density at radius 1 is 0.971 bits per heavy atom. The van der Waals surface area contributed by atoms with E-state index >= 15 is 0 Å². The second kappa shape index (κ2) is 7.68. The second-order valence-corrected chi connectivity index (χ2v) is 10.1. The standard InChI is InChI=1S/C29H28N4O2/c1-35-21-7-9-25-23(15-21)29(28(34)31-25)16-24(29)20-6-8-22-26(14-20)32-33-27(22)19-4-2-17(3-5-19)18-10-12-30-13-11-18/h2-9,14-15,18,24,30H,10-13,16H2,1H3,(H,31,34)(H,32,33)/t24-,29-/m0/s1. The van der Waals surface area contributed by atoms with E-state index in [1.54, 1.807) is 7.11 Å². The average Bonchev–Trinajstić information content (AvgIpc) is 3.44. The first-order valence-electron chi connectivity index (χ1n) is 12.5. The van der Waals surface area contributed by atoms with Crippen molar-refractivity contribution in [3.63, 3.8) is 0 Å². The highest BCUT2D eigenvalue weighted by Crippen LogP contribution is 2.65. The SMILES string of the molecule is COc1ccc2c(c1)[C@]1(C[C@H]1c1ccc3c(-c4ccc(C5CCNCC5)cc4)n[nH]c3c1)C(=O)N2. The molecule has 0 radical (unpaired) electrons. The van der Waals surface area contributed by atoms with Crippen molar-refractivity contribution < 1.29 is 9.53 Å². The Hall–Kier alpha value is -3.64. The number of fused-ring (bicyclic) bond motifs is 3. The van der Waals surface area contributed by atoms with Crippen molar-refractivity contribution in [2.24, 2.45) is 0 Å². The molecule has 1 amide bonds. The molecule has 176 valence electrons. The number of aromatic amines is 1. The molecule has 2 aliphatic heterocycles. The van der Waals surface area contributed by atoms with Crippen LogP contribution in [-0.2, 0) is 10.2 Å². The van der Waals surface area contributed by atoms with Gasteiger partial charge in [-0.3, -0.25) is 9.89 Å². The molecule has 7 rings (SSSR count). The second-order valence-electron chi connectivity index (χ2n) is 10.1. The van der Waals surface area contributed by atoms with Crippen LogP contribution in [0.3, 0.4) is 0 Å². The van der Waals surface area contributed by atoms with Crippen molar-refractivity contribution in [3.05, 3.63) is 77.4 Å². The molecule has 1 saturated carbocycles. The summed E-state index contributed by atoms with van der Waals surface area (Å²) >= 11 is 0. The number of anilines is 1. The zero-order valence-corrected chi connectivity index (χ0v) is 19.7. The number of aromatic nitrogens is 2. The molecule has 1 aliphatic carbocycles. The van der Waals surface area contributed by atoms with Crippen molar-refractivity contribution in [2.75, 3.05) is 25.5 Å². The lowest BCUT2D eigenvalue weighted by Crippen LogP contribution is -2.26. The Kier molecular flexibility index (Phi) is 4.55. The van der Waals surface area contributed by atoms with E-state index in [-0.39, 0.29) is 11.8 Å². The Morgan fingerprint density at radius 3 is 2.57 bits per heavy atom. The van der Waals surface area contributed by atoms with E-state index in [9.17, 15) is 4.79 Å². The Morgan fingerprint density at radius 2 is 1.77 bits per heavy atom. The summed E-state index contributed by atoms with van der Waals surface area (Å²) in [5, 5.41) is 15.5. The fourth-order valence-electron chi connectivity index (χ4n) is 6.24. The lowest BCUT2D eigenvalue weighted by atomic mass is 9.89. The summed E-state index contributed by atoms with van der Waals surface area (Å²) in [7, 11) is 1.66. The number of ether oxygens (including phenoxy) is 1. The first kappa shape index (κ1) is 20.7. The number of rotatable bonds is 4. The zero-order chi connectivity index (χ0) is 23.6. The summed E-state index contributed by atoms with van der Waals surface area (Å²) in [4.78, 5) is 13.0. The van der Waals surface area contributed by atoms with Crippen LogP contribution in [0.2, 0.25) is 0 Å². The third-order valence-corrected chi connectivity index (χ3v) is 8.31. The van der Waals surface area contributed by atoms with E-state index in [1.165, 1.54) is 24.0 Å². The van der Waals surface area contributed by atoms with Crippen LogP contribution in [0, 0.1) is 0 Å². The van der Waals surface area contributed by atoms with Gasteiger partial charge < -0.3 is 15.4 Å². The molecule has 0 bridgehead atoms. The van der Waals surface area contributed by atoms with Crippen LogP contribution in [0.4, 0.5) is 5.69 Å². The molecule has 1 saturated heterocycles. The Labute approximate surface area is 204 Å². The van der Waals surface area contributed by atoms with E-state index in [4.69, 9.17) is 4.74 Å². The van der Waals surface area contributed by atoms with Gasteiger partial charge in [-0.25, -0.2) is 0 Å². The molecular formula is C29H28N4O2. The number of carbonyl (C=O) groups is 1. The van der Waals surface area contributed by atoms with Gasteiger partial charge in [0.1, 0.15) is 5.75 Å². The van der Waals surface area contributed by atoms with Gasteiger partial charge in [-0.1, -0.05) is 36.4 Å². The first-order valence-corrected chi connectivity index (χ1v) is 12.5. The lowest BCUT2D eigenvalue weighted by Gasteiger charge is -2.23. The van der Waals surface area contributed by atoms with Crippen molar-refractivity contribution in [2.45, 2.75) is 36.5 Å². The minimum Gasteiger partial charge on any atom is -0.497 e. The molecule has 1 spiro atoms. The van der Waals surface area contributed by atoms with E-state index in [2.05, 4.69) is 63.3 Å². The number of nitrogens with zero attached hydrogens (tertiary/aromatic N) is 1. The maximum atomic E-state index is 13.0. The summed E-state index contributed by atoms with van der Waals surface area (Å²) in [6, 6.07) is 21.2. The predicted octanol–water partition coefficient (Wildman–Crippen LogP) is 5.08. The summed E-state index contributed by atoms with van der Waals surface area (Å²) < 4.78 is 5.43. The number of nitrogens with one attached hydrogen (secondary N) is 3. The van der Waals surface area contributed by atoms with Crippen molar-refractivity contribution in [1.29, 1.82) is 0 Å². The fourth-order valence-corrected chi connectivity index (χ4v) is 6.24. The molecule has 3 aromatic carbocycles. The summed E-state index contributed by atoms with van der Waals surface area (Å²) in [6.07, 6.45) is 3.21. The number of H-pyrrole nitrogens is 1. The summed E-state index contributed by atoms with van der Waals surface area (Å²) in [6.45, 7) is 2.20. The minimum absolute atomic E-state index is 0.0880. The molecule has 2 atom stereocenters. The van der Waals surface area contributed by atoms with Crippen molar-refractivity contribution >= 4 is 22.5 Å². The van der Waals surface area contributed by atoms with Crippen molar-refractivity contribution in [1.82, 2.24) is 15.5 Å². The Balaban J connectivity index is 1.18. The molecule has 0 unspecified atom stereocenters. The molecule has 3 aliphatic rings. The van der Waals surface area contributed by atoms with E-state index < -0.39 is 5.41 Å². The quantitative estimate of drug-likeness (QED) is 0.393. The van der Waals surface area contributed by atoms with Gasteiger partial charge in [-0.05, 0) is 79.2 Å². The maximum absolute atomic E-state index is 13.0. The third-order valence-electron chi connectivity index (χ3n) is 8.31. The fraction of sp³-hybridized carbons (Fsp3) is 0.310. The Bertz CT molecular complexity index is 1450. The number of methoxy groups -OCH3 is 1. The highest BCUT2D eigenvalue weighted by atomic mass is 16.5. The minimum atomic E-state index is -0.495. The molecule has 3 N–H and O–H groups in total. The normalized spacial score (nSPS) is 23.5. The van der Waals surface area contributed by atoms with E-state index in [1.807, 2.05) is 18.2 Å². The zero-order valence-electron chi connectivity index (χ0n) is 19.7. The predicted molar refractivity (Wildman–Crippen MR) is 137 cm³/mol. The molecular weight excluding hydrogens is 436 g/mol. The van der Waals surface area contributed by atoms with Gasteiger partial charge in [0, 0.05) is 22.6 Å². The molecule has 3 heterocycles. The first-order chi connectivity index (χ1) is 17.2. The van der Waals surface area contributed by atoms with Crippen LogP contribution in [0.25, 0.3) is 22.2 Å². The van der Waals surface area contributed by atoms with Gasteiger partial charge in [0.15, 0.2) is 0 Å². The number of hydrogen-bond donors (Lipinski definition) is 3. The van der Waals surface area contributed by atoms with Gasteiger partial charge in [0.2, 0.25) is 5.91 Å². The highest BCUT2D eigenvalue weighted by molar-refractivity contribution is 6.10. The molecule has 2 fully saturated rings. The van der Waals surface area contributed by atoms with E-state index in [0.717, 1.165) is 58.7 Å². The van der Waals surface area contributed by atoms with Gasteiger partial charge in [0.25, 0.3) is 0 Å². The smallest absolute Gasteiger partial charge is 0.235 e.